The molecule has 0 bridgehead atoms. The van der Waals surface area contributed by atoms with E-state index in [0.29, 0.717) is 6.61 Å². The highest BCUT2D eigenvalue weighted by atomic mass is 16.5. The van der Waals surface area contributed by atoms with Crippen LogP contribution < -0.4 is 0 Å². The second-order valence-electron chi connectivity index (χ2n) is 9.10. The van der Waals surface area contributed by atoms with Crippen LogP contribution in [0.3, 0.4) is 0 Å². The van der Waals surface area contributed by atoms with Crippen LogP contribution in [0.4, 0.5) is 0 Å². The minimum atomic E-state index is -0.689. The summed E-state index contributed by atoms with van der Waals surface area (Å²) in [5.41, 5.74) is 2.66. The number of hydrogen-bond donors (Lipinski definition) is 1. The smallest absolute Gasteiger partial charge is 0.143 e. The lowest BCUT2D eigenvalue weighted by atomic mass is 9.80. The average Bonchev–Trinajstić information content (AvgIpc) is 2.91. The summed E-state index contributed by atoms with van der Waals surface area (Å²) >= 11 is 0. The van der Waals surface area contributed by atoms with Crippen molar-refractivity contribution in [2.75, 3.05) is 13.7 Å². The Morgan fingerprint density at radius 2 is 1.20 bits per heavy atom. The van der Waals surface area contributed by atoms with Crippen molar-refractivity contribution in [3.8, 4) is 0 Å². The van der Waals surface area contributed by atoms with Crippen LogP contribution in [0.2, 0.25) is 0 Å². The molecule has 0 aliphatic rings. The maximum atomic E-state index is 9.37. The molecule has 0 heterocycles. The van der Waals surface area contributed by atoms with Gasteiger partial charge in [-0.3, -0.25) is 0 Å². The molecule has 2 atom stereocenters. The van der Waals surface area contributed by atoms with Crippen LogP contribution in [0.15, 0.2) is 103 Å². The standard InChI is InChI=1S/C32H40O3/c1-27(33)17-9-4-3-5-16-24-31(34-2)25-26-35-32(28-18-10-6-11-19-28,29-20-12-7-13-21-29)30-22-14-8-15-23-30/h3,5-8,10-15,18-23,27,31,33H,4,9,16-17,24-26H2,1-2H3/b5-3+/t27-,31+/m1/s1. The second kappa shape index (κ2) is 14.6. The van der Waals surface area contributed by atoms with Crippen LogP contribution in [0.5, 0.6) is 0 Å². The fraction of sp³-hybridized carbons (Fsp3) is 0.375. The number of ether oxygens (including phenoxy) is 2. The Bertz CT molecular complexity index is 871. The van der Waals surface area contributed by atoms with Gasteiger partial charge in [-0.1, -0.05) is 103 Å². The minimum Gasteiger partial charge on any atom is -0.393 e. The zero-order valence-corrected chi connectivity index (χ0v) is 21.2. The van der Waals surface area contributed by atoms with Crippen molar-refractivity contribution in [3.05, 3.63) is 120 Å². The van der Waals surface area contributed by atoms with Crippen molar-refractivity contribution in [1.82, 2.24) is 0 Å². The van der Waals surface area contributed by atoms with Gasteiger partial charge in [-0.15, -0.1) is 0 Å². The second-order valence-corrected chi connectivity index (χ2v) is 9.10. The van der Waals surface area contributed by atoms with Crippen LogP contribution in [0, 0.1) is 0 Å². The van der Waals surface area contributed by atoms with Crippen molar-refractivity contribution in [2.45, 2.75) is 63.3 Å². The molecule has 3 nitrogen and oxygen atoms in total. The number of hydrogen-bond acceptors (Lipinski definition) is 3. The Hall–Kier alpha value is -2.72. The Morgan fingerprint density at radius 1 is 0.714 bits per heavy atom. The Morgan fingerprint density at radius 3 is 1.66 bits per heavy atom. The van der Waals surface area contributed by atoms with Gasteiger partial charge in [-0.05, 0) is 62.1 Å². The first-order valence-electron chi connectivity index (χ1n) is 12.8. The monoisotopic (exact) mass is 472 g/mol. The molecule has 0 aliphatic carbocycles. The molecule has 0 amide bonds. The third-order valence-corrected chi connectivity index (χ3v) is 6.45. The summed E-state index contributed by atoms with van der Waals surface area (Å²) < 4.78 is 12.7. The van der Waals surface area contributed by atoms with E-state index in [-0.39, 0.29) is 12.2 Å². The quantitative estimate of drug-likeness (QED) is 0.143. The van der Waals surface area contributed by atoms with Crippen molar-refractivity contribution in [1.29, 1.82) is 0 Å². The largest absolute Gasteiger partial charge is 0.393 e. The van der Waals surface area contributed by atoms with Crippen molar-refractivity contribution >= 4 is 0 Å². The molecule has 0 aliphatic heterocycles. The van der Waals surface area contributed by atoms with E-state index < -0.39 is 5.60 Å². The number of allylic oxidation sites excluding steroid dienone is 2. The number of methoxy groups -OCH3 is 1. The zero-order chi connectivity index (χ0) is 24.8. The van der Waals surface area contributed by atoms with Gasteiger partial charge < -0.3 is 14.6 Å². The Balaban J connectivity index is 1.71. The third-order valence-electron chi connectivity index (χ3n) is 6.45. The maximum Gasteiger partial charge on any atom is 0.143 e. The lowest BCUT2D eigenvalue weighted by molar-refractivity contribution is -0.0143. The van der Waals surface area contributed by atoms with Gasteiger partial charge in [0.05, 0.1) is 18.8 Å². The van der Waals surface area contributed by atoms with E-state index in [2.05, 4.69) is 84.9 Å². The number of rotatable bonds is 15. The molecule has 0 saturated carbocycles. The van der Waals surface area contributed by atoms with Gasteiger partial charge in [0.15, 0.2) is 0 Å². The first-order valence-corrected chi connectivity index (χ1v) is 12.8. The highest BCUT2D eigenvalue weighted by Gasteiger charge is 2.37. The van der Waals surface area contributed by atoms with Crippen LogP contribution in [-0.2, 0) is 15.1 Å². The molecule has 35 heavy (non-hydrogen) atoms. The van der Waals surface area contributed by atoms with Gasteiger partial charge in [-0.2, -0.15) is 0 Å². The lowest BCUT2D eigenvalue weighted by Crippen LogP contribution is -2.34. The molecule has 0 aromatic heterocycles. The number of benzene rings is 3. The molecule has 3 aromatic carbocycles. The van der Waals surface area contributed by atoms with Gasteiger partial charge in [0, 0.05) is 7.11 Å². The SMILES string of the molecule is CO[C@@H](CC/C=C/CCC[C@@H](C)O)CCOC(c1ccccc1)(c1ccccc1)c1ccccc1. The van der Waals surface area contributed by atoms with Crippen LogP contribution in [0.1, 0.15) is 62.1 Å². The fourth-order valence-corrected chi connectivity index (χ4v) is 4.54. The van der Waals surface area contributed by atoms with E-state index in [1.54, 1.807) is 7.11 Å². The minimum absolute atomic E-state index is 0.136. The van der Waals surface area contributed by atoms with E-state index in [1.807, 2.05) is 25.1 Å². The predicted molar refractivity (Wildman–Crippen MR) is 144 cm³/mol. The number of aliphatic hydroxyl groups is 1. The first kappa shape index (κ1) is 26.9. The molecule has 3 aromatic rings. The van der Waals surface area contributed by atoms with Crippen molar-refractivity contribution in [3.63, 3.8) is 0 Å². The lowest BCUT2D eigenvalue weighted by Gasteiger charge is -2.36. The molecule has 0 unspecified atom stereocenters. The molecular formula is C32H40O3. The highest BCUT2D eigenvalue weighted by molar-refractivity contribution is 5.47. The molecule has 186 valence electrons. The summed E-state index contributed by atoms with van der Waals surface area (Å²) in [5.74, 6) is 0. The van der Waals surface area contributed by atoms with Crippen molar-refractivity contribution in [2.24, 2.45) is 0 Å². The molecule has 0 saturated heterocycles. The predicted octanol–water partition coefficient (Wildman–Crippen LogP) is 7.29. The molecule has 0 spiro atoms. The fourth-order valence-electron chi connectivity index (χ4n) is 4.54. The van der Waals surface area contributed by atoms with Gasteiger partial charge in [0.25, 0.3) is 0 Å². The topological polar surface area (TPSA) is 38.7 Å². The zero-order valence-electron chi connectivity index (χ0n) is 21.2. The molecule has 0 radical (unpaired) electrons. The highest BCUT2D eigenvalue weighted by Crippen LogP contribution is 2.40. The summed E-state index contributed by atoms with van der Waals surface area (Å²) in [6, 6.07) is 31.5. The Kier molecular flexibility index (Phi) is 11.2. The first-order chi connectivity index (χ1) is 17.2. The molecule has 0 fully saturated rings. The third kappa shape index (κ3) is 7.90. The molecular weight excluding hydrogens is 432 g/mol. The molecule has 1 N–H and O–H groups in total. The van der Waals surface area contributed by atoms with Gasteiger partial charge >= 0.3 is 0 Å². The number of unbranched alkanes of at least 4 members (excludes halogenated alkanes) is 1. The number of aliphatic hydroxyl groups excluding tert-OH is 1. The van der Waals surface area contributed by atoms with E-state index in [1.165, 1.54) is 0 Å². The van der Waals surface area contributed by atoms with E-state index >= 15 is 0 Å². The summed E-state index contributed by atoms with van der Waals surface area (Å²) in [5, 5.41) is 9.37. The summed E-state index contributed by atoms with van der Waals surface area (Å²) in [7, 11) is 1.79. The van der Waals surface area contributed by atoms with Crippen molar-refractivity contribution < 1.29 is 14.6 Å². The average molecular weight is 473 g/mol. The van der Waals surface area contributed by atoms with E-state index in [0.717, 1.165) is 55.2 Å². The van der Waals surface area contributed by atoms with Gasteiger partial charge in [-0.25, -0.2) is 0 Å². The molecule has 3 rings (SSSR count). The van der Waals surface area contributed by atoms with Gasteiger partial charge in [0.2, 0.25) is 0 Å². The summed E-state index contributed by atoms with van der Waals surface area (Å²) in [4.78, 5) is 0. The van der Waals surface area contributed by atoms with E-state index in [4.69, 9.17) is 9.47 Å². The summed E-state index contributed by atoms with van der Waals surface area (Å²) in [6.07, 6.45) is 10.0. The summed E-state index contributed by atoms with van der Waals surface area (Å²) in [6.45, 7) is 2.42. The van der Waals surface area contributed by atoms with Gasteiger partial charge in [0.1, 0.15) is 5.60 Å². The normalized spacial score (nSPS) is 13.7. The van der Waals surface area contributed by atoms with Crippen LogP contribution in [0.25, 0.3) is 0 Å². The maximum absolute atomic E-state index is 9.37. The molecule has 3 heteroatoms. The van der Waals surface area contributed by atoms with E-state index in [9.17, 15) is 5.11 Å². The van der Waals surface area contributed by atoms with Crippen LogP contribution in [-0.4, -0.2) is 31.0 Å². The Labute approximate surface area is 211 Å². The van der Waals surface area contributed by atoms with Crippen LogP contribution >= 0.6 is 0 Å².